The van der Waals surface area contributed by atoms with Crippen molar-refractivity contribution in [2.45, 2.75) is 26.7 Å². The third-order valence-corrected chi connectivity index (χ3v) is 2.05. The minimum absolute atomic E-state index is 0. The van der Waals surface area contributed by atoms with Crippen molar-refractivity contribution in [3.8, 4) is 0 Å². The van der Waals surface area contributed by atoms with Gasteiger partial charge in [-0.3, -0.25) is 0 Å². The molecular weight excluding hydrogens is 197 g/mol. The number of hydrogen-bond donors (Lipinski definition) is 0. The van der Waals surface area contributed by atoms with Gasteiger partial charge in [0.05, 0.1) is 0 Å². The first kappa shape index (κ1) is 10.6. The van der Waals surface area contributed by atoms with Crippen LogP contribution in [0.15, 0.2) is 23.8 Å². The zero-order valence-corrected chi connectivity index (χ0v) is 9.64. The van der Waals surface area contributed by atoms with Crippen LogP contribution in [0.5, 0.6) is 0 Å². The zero-order chi connectivity index (χ0) is 6.69. The van der Waals surface area contributed by atoms with Crippen LogP contribution in [0.4, 0.5) is 0 Å². The molecule has 0 saturated carbocycles. The molecule has 0 aromatic carbocycles. The fraction of sp³-hybridized carbons (Fsp3) is 0.556. The second-order valence-electron chi connectivity index (χ2n) is 2.68. The number of rotatable bonds is 2. The molecule has 0 nitrogen and oxygen atoms in total. The third kappa shape index (κ3) is 2.68. The van der Waals surface area contributed by atoms with Crippen molar-refractivity contribution < 1.29 is 32.7 Å². The smallest absolute Gasteiger partial charge is 0 e. The Labute approximate surface area is 88.7 Å². The van der Waals surface area contributed by atoms with E-state index < -0.39 is 0 Å². The van der Waals surface area contributed by atoms with E-state index in [0.29, 0.717) is 0 Å². The number of allylic oxidation sites excluding steroid dienone is 4. The summed E-state index contributed by atoms with van der Waals surface area (Å²) in [4.78, 5) is 0. The van der Waals surface area contributed by atoms with Gasteiger partial charge in [0.2, 0.25) is 0 Å². The third-order valence-electron chi connectivity index (χ3n) is 2.05. The monoisotopic (exact) mass is 211 g/mol. The average Bonchev–Trinajstić information content (AvgIpc) is 2.37. The Morgan fingerprint density at radius 2 is 2.30 bits per heavy atom. The second kappa shape index (κ2) is 5.26. The van der Waals surface area contributed by atoms with Crippen molar-refractivity contribution in [2.75, 3.05) is 0 Å². The average molecular weight is 211 g/mol. The Morgan fingerprint density at radius 3 is 2.70 bits per heavy atom. The fourth-order valence-corrected chi connectivity index (χ4v) is 1.09. The SMILES string of the molecule is CCC(C)C1=CC=CC1.[Y]. The van der Waals surface area contributed by atoms with Crippen molar-refractivity contribution in [2.24, 2.45) is 5.92 Å². The predicted molar refractivity (Wildman–Crippen MR) is 41.3 cm³/mol. The van der Waals surface area contributed by atoms with Crippen molar-refractivity contribution in [3.63, 3.8) is 0 Å². The molecule has 1 radical (unpaired) electrons. The van der Waals surface area contributed by atoms with Gasteiger partial charge in [0.15, 0.2) is 0 Å². The summed E-state index contributed by atoms with van der Waals surface area (Å²) in [5.74, 6) is 0.792. The van der Waals surface area contributed by atoms with Crippen LogP contribution in [0.3, 0.4) is 0 Å². The summed E-state index contributed by atoms with van der Waals surface area (Å²) in [5, 5.41) is 0. The maximum atomic E-state index is 2.29. The Kier molecular flexibility index (Phi) is 5.57. The van der Waals surface area contributed by atoms with E-state index in [-0.39, 0.29) is 32.7 Å². The van der Waals surface area contributed by atoms with Crippen molar-refractivity contribution in [1.82, 2.24) is 0 Å². The van der Waals surface area contributed by atoms with Crippen LogP contribution in [-0.2, 0) is 32.7 Å². The Morgan fingerprint density at radius 1 is 1.60 bits per heavy atom. The molecule has 1 unspecified atom stereocenters. The first-order valence-corrected chi connectivity index (χ1v) is 3.70. The molecule has 10 heavy (non-hydrogen) atoms. The van der Waals surface area contributed by atoms with E-state index in [9.17, 15) is 0 Å². The molecule has 0 heterocycles. The maximum absolute atomic E-state index is 2.29. The summed E-state index contributed by atoms with van der Waals surface area (Å²) in [7, 11) is 0. The van der Waals surface area contributed by atoms with E-state index in [1.807, 2.05) is 0 Å². The minimum Gasteiger partial charge on any atom is -0.0805 e. The van der Waals surface area contributed by atoms with Crippen molar-refractivity contribution in [3.05, 3.63) is 23.8 Å². The molecule has 0 aromatic heterocycles. The standard InChI is InChI=1S/C9H14.Y/c1-3-8(2)9-6-4-5-7-9;/h4-6,8H,3,7H2,1-2H3;. The van der Waals surface area contributed by atoms with Gasteiger partial charge >= 0.3 is 0 Å². The van der Waals surface area contributed by atoms with Gasteiger partial charge in [-0.25, -0.2) is 0 Å². The van der Waals surface area contributed by atoms with Crippen LogP contribution in [0.2, 0.25) is 0 Å². The molecule has 1 heteroatoms. The van der Waals surface area contributed by atoms with E-state index in [1.165, 1.54) is 12.8 Å². The molecule has 0 aliphatic heterocycles. The van der Waals surface area contributed by atoms with E-state index in [2.05, 4.69) is 32.1 Å². The fourth-order valence-electron chi connectivity index (χ4n) is 1.09. The van der Waals surface area contributed by atoms with E-state index in [4.69, 9.17) is 0 Å². The Hall–Kier alpha value is 0.584. The summed E-state index contributed by atoms with van der Waals surface area (Å²) in [6.07, 6.45) is 9.08. The number of hydrogen-bond acceptors (Lipinski definition) is 0. The normalized spacial score (nSPS) is 18.0. The summed E-state index contributed by atoms with van der Waals surface area (Å²) >= 11 is 0. The molecule has 0 N–H and O–H groups in total. The Bertz CT molecular complexity index is 145. The maximum Gasteiger partial charge on any atom is 0 e. The summed E-state index contributed by atoms with van der Waals surface area (Å²) in [5.41, 5.74) is 1.59. The van der Waals surface area contributed by atoms with Crippen LogP contribution in [0.25, 0.3) is 0 Å². The molecule has 1 atom stereocenters. The van der Waals surface area contributed by atoms with E-state index in [0.717, 1.165) is 5.92 Å². The van der Waals surface area contributed by atoms with Gasteiger partial charge in [0.25, 0.3) is 0 Å². The molecule has 0 fully saturated rings. The Balaban J connectivity index is 0.000000810. The van der Waals surface area contributed by atoms with Gasteiger partial charge in [-0.15, -0.1) is 0 Å². The van der Waals surface area contributed by atoms with Crippen LogP contribution in [0, 0.1) is 5.92 Å². The molecule has 0 spiro atoms. The first-order valence-electron chi connectivity index (χ1n) is 3.70. The van der Waals surface area contributed by atoms with Gasteiger partial charge in [0.1, 0.15) is 0 Å². The summed E-state index contributed by atoms with van der Waals surface area (Å²) in [6.45, 7) is 4.53. The van der Waals surface area contributed by atoms with Crippen molar-refractivity contribution in [1.29, 1.82) is 0 Å². The van der Waals surface area contributed by atoms with Crippen molar-refractivity contribution >= 4 is 0 Å². The predicted octanol–water partition coefficient (Wildman–Crippen LogP) is 2.92. The second-order valence-corrected chi connectivity index (χ2v) is 2.68. The van der Waals surface area contributed by atoms with Gasteiger partial charge in [-0.05, 0) is 18.8 Å². The van der Waals surface area contributed by atoms with E-state index >= 15 is 0 Å². The van der Waals surface area contributed by atoms with Crippen LogP contribution < -0.4 is 0 Å². The molecule has 0 bridgehead atoms. The molecule has 0 amide bonds. The molecular formula is C9H14Y. The van der Waals surface area contributed by atoms with Crippen LogP contribution in [-0.4, -0.2) is 0 Å². The first-order chi connectivity index (χ1) is 4.34. The van der Waals surface area contributed by atoms with Crippen LogP contribution >= 0.6 is 0 Å². The summed E-state index contributed by atoms with van der Waals surface area (Å²) in [6, 6.07) is 0. The minimum atomic E-state index is 0. The topological polar surface area (TPSA) is 0 Å². The molecule has 0 saturated heterocycles. The summed E-state index contributed by atoms with van der Waals surface area (Å²) < 4.78 is 0. The molecule has 1 rings (SSSR count). The van der Waals surface area contributed by atoms with Gasteiger partial charge in [-0.1, -0.05) is 37.6 Å². The zero-order valence-electron chi connectivity index (χ0n) is 6.80. The van der Waals surface area contributed by atoms with E-state index in [1.54, 1.807) is 5.57 Å². The molecule has 1 aliphatic carbocycles. The van der Waals surface area contributed by atoms with Gasteiger partial charge in [-0.2, -0.15) is 0 Å². The largest absolute Gasteiger partial charge is 0.0805 e. The van der Waals surface area contributed by atoms with Gasteiger partial charge < -0.3 is 0 Å². The molecule has 53 valence electrons. The van der Waals surface area contributed by atoms with Crippen LogP contribution in [0.1, 0.15) is 26.7 Å². The molecule has 0 aromatic rings. The quantitative estimate of drug-likeness (QED) is 0.658. The molecule has 1 aliphatic rings. The van der Waals surface area contributed by atoms with Gasteiger partial charge in [0, 0.05) is 32.7 Å².